The molecule has 1 heterocycles. The quantitative estimate of drug-likeness (QED) is 0.760. The number of nitrogens with zero attached hydrogens (tertiary/aromatic N) is 1. The van der Waals surface area contributed by atoms with E-state index < -0.39 is 0 Å². The summed E-state index contributed by atoms with van der Waals surface area (Å²) in [6, 6.07) is 10.8. The maximum atomic E-state index is 3.60. The van der Waals surface area contributed by atoms with Gasteiger partial charge in [-0.15, -0.1) is 0 Å². The molecule has 2 atom stereocenters. The number of hydrogen-bond acceptors (Lipinski definition) is 1. The predicted octanol–water partition coefficient (Wildman–Crippen LogP) is 2.76. The summed E-state index contributed by atoms with van der Waals surface area (Å²) < 4.78 is 0. The van der Waals surface area contributed by atoms with Crippen molar-refractivity contribution >= 4 is 15.9 Å². The van der Waals surface area contributed by atoms with E-state index >= 15 is 0 Å². The van der Waals surface area contributed by atoms with Crippen molar-refractivity contribution in [2.45, 2.75) is 6.54 Å². The molecule has 3 rings (SSSR count). The summed E-state index contributed by atoms with van der Waals surface area (Å²) in [5, 5.41) is 1.21. The predicted molar refractivity (Wildman–Crippen MR) is 66.0 cm³/mol. The minimum absolute atomic E-state index is 0.983. The Balaban J connectivity index is 1.56. The zero-order valence-corrected chi connectivity index (χ0v) is 10.4. The molecule has 0 bridgehead atoms. The van der Waals surface area contributed by atoms with Crippen LogP contribution in [0.1, 0.15) is 5.56 Å². The Morgan fingerprint density at radius 3 is 2.40 bits per heavy atom. The molecule has 1 aliphatic carbocycles. The summed E-state index contributed by atoms with van der Waals surface area (Å²) in [4.78, 5) is 2.60. The van der Waals surface area contributed by atoms with Crippen LogP contribution in [0.5, 0.6) is 0 Å². The second kappa shape index (κ2) is 3.91. The van der Waals surface area contributed by atoms with E-state index in [-0.39, 0.29) is 0 Å². The van der Waals surface area contributed by atoms with Gasteiger partial charge in [-0.2, -0.15) is 0 Å². The van der Waals surface area contributed by atoms with Crippen molar-refractivity contribution in [1.82, 2.24) is 4.90 Å². The van der Waals surface area contributed by atoms with E-state index in [4.69, 9.17) is 0 Å². The molecule has 2 heteroatoms. The van der Waals surface area contributed by atoms with E-state index in [0.29, 0.717) is 0 Å². The summed E-state index contributed by atoms with van der Waals surface area (Å²) >= 11 is 3.60. The lowest BCUT2D eigenvalue weighted by atomic mass is 10.2. The van der Waals surface area contributed by atoms with Gasteiger partial charge in [0.25, 0.3) is 0 Å². The van der Waals surface area contributed by atoms with Gasteiger partial charge in [0.2, 0.25) is 0 Å². The summed E-state index contributed by atoms with van der Waals surface area (Å²) in [7, 11) is 0. The van der Waals surface area contributed by atoms with E-state index in [2.05, 4.69) is 51.2 Å². The van der Waals surface area contributed by atoms with Gasteiger partial charge in [-0.3, -0.25) is 4.90 Å². The van der Waals surface area contributed by atoms with Crippen molar-refractivity contribution in [3.05, 3.63) is 35.9 Å². The first-order valence-electron chi connectivity index (χ1n) is 5.70. The Labute approximate surface area is 99.6 Å². The van der Waals surface area contributed by atoms with E-state index in [1.807, 2.05) is 0 Å². The number of halogens is 1. The topological polar surface area (TPSA) is 3.24 Å². The number of likely N-dealkylation sites (tertiary alicyclic amines) is 1. The van der Waals surface area contributed by atoms with Gasteiger partial charge in [-0.1, -0.05) is 46.3 Å². The Morgan fingerprint density at radius 2 is 1.80 bits per heavy atom. The van der Waals surface area contributed by atoms with Crippen LogP contribution < -0.4 is 0 Å². The molecule has 2 fully saturated rings. The molecule has 1 aliphatic heterocycles. The Hall–Kier alpha value is -0.340. The maximum Gasteiger partial charge on any atom is 0.0233 e. The number of benzene rings is 1. The number of piperidine rings is 1. The highest BCUT2D eigenvalue weighted by Crippen LogP contribution is 2.52. The van der Waals surface area contributed by atoms with E-state index in [1.165, 1.54) is 24.0 Å². The molecule has 0 spiro atoms. The Bertz CT molecular complexity index is 326. The molecule has 1 nitrogen and oxygen atoms in total. The first-order valence-corrected chi connectivity index (χ1v) is 6.83. The lowest BCUT2D eigenvalue weighted by Gasteiger charge is -2.18. The highest BCUT2D eigenvalue weighted by atomic mass is 79.9. The zero-order chi connectivity index (χ0) is 10.3. The van der Waals surface area contributed by atoms with Crippen molar-refractivity contribution in [3.8, 4) is 0 Å². The van der Waals surface area contributed by atoms with Crippen molar-refractivity contribution in [2.24, 2.45) is 17.8 Å². The molecular weight excluding hydrogens is 250 g/mol. The third kappa shape index (κ3) is 1.85. The van der Waals surface area contributed by atoms with Crippen LogP contribution in [0.3, 0.4) is 0 Å². The number of alkyl halides is 1. The van der Waals surface area contributed by atoms with Crippen LogP contribution in [-0.2, 0) is 6.54 Å². The van der Waals surface area contributed by atoms with Crippen LogP contribution in [0.15, 0.2) is 30.3 Å². The fourth-order valence-electron chi connectivity index (χ4n) is 2.94. The molecule has 0 radical (unpaired) electrons. The molecule has 2 aliphatic rings. The van der Waals surface area contributed by atoms with Gasteiger partial charge >= 0.3 is 0 Å². The lowest BCUT2D eigenvalue weighted by molar-refractivity contribution is 0.282. The standard InChI is InChI=1S/C13H16BrN/c14-6-11-12-8-15(9-13(11)12)7-10-4-2-1-3-5-10/h1-5,11-13H,6-9H2. The fraction of sp³-hybridized carbons (Fsp3) is 0.538. The van der Waals surface area contributed by atoms with Crippen molar-refractivity contribution in [2.75, 3.05) is 18.4 Å². The minimum Gasteiger partial charge on any atom is -0.298 e. The van der Waals surface area contributed by atoms with Crippen LogP contribution in [0.25, 0.3) is 0 Å². The normalized spacial score (nSPS) is 34.1. The molecule has 1 aromatic carbocycles. The van der Waals surface area contributed by atoms with Gasteiger partial charge in [-0.05, 0) is 23.3 Å². The Kier molecular flexibility index (Phi) is 2.57. The second-order valence-electron chi connectivity index (χ2n) is 4.83. The molecular formula is C13H16BrN. The van der Waals surface area contributed by atoms with E-state index in [9.17, 15) is 0 Å². The zero-order valence-electron chi connectivity index (χ0n) is 8.77. The lowest BCUT2D eigenvalue weighted by Crippen LogP contribution is -2.24. The van der Waals surface area contributed by atoms with Crippen LogP contribution >= 0.6 is 15.9 Å². The third-order valence-electron chi connectivity index (χ3n) is 3.87. The fourth-order valence-corrected chi connectivity index (χ4v) is 3.90. The molecule has 0 amide bonds. The van der Waals surface area contributed by atoms with Crippen molar-refractivity contribution in [3.63, 3.8) is 0 Å². The second-order valence-corrected chi connectivity index (χ2v) is 5.47. The SMILES string of the molecule is BrCC1C2CN(Cc3ccccc3)CC12. The first-order chi connectivity index (χ1) is 7.38. The summed E-state index contributed by atoms with van der Waals surface area (Å²) in [5.41, 5.74) is 1.45. The number of rotatable bonds is 3. The summed E-state index contributed by atoms with van der Waals surface area (Å²) in [5.74, 6) is 2.97. The molecule has 0 aromatic heterocycles. The monoisotopic (exact) mass is 265 g/mol. The van der Waals surface area contributed by atoms with Crippen LogP contribution in [0, 0.1) is 17.8 Å². The van der Waals surface area contributed by atoms with Crippen LogP contribution in [0.2, 0.25) is 0 Å². The summed E-state index contributed by atoms with van der Waals surface area (Å²) in [6.07, 6.45) is 0. The largest absolute Gasteiger partial charge is 0.298 e. The molecule has 1 saturated carbocycles. The first kappa shape index (κ1) is 9.86. The van der Waals surface area contributed by atoms with Crippen molar-refractivity contribution in [1.29, 1.82) is 0 Å². The van der Waals surface area contributed by atoms with Gasteiger partial charge < -0.3 is 0 Å². The maximum absolute atomic E-state index is 3.60. The molecule has 15 heavy (non-hydrogen) atoms. The van der Waals surface area contributed by atoms with E-state index in [0.717, 1.165) is 24.3 Å². The highest BCUT2D eigenvalue weighted by Gasteiger charge is 2.54. The smallest absolute Gasteiger partial charge is 0.0233 e. The molecule has 2 unspecified atom stereocenters. The number of fused-ring (bicyclic) bond motifs is 1. The molecule has 1 saturated heterocycles. The van der Waals surface area contributed by atoms with Crippen molar-refractivity contribution < 1.29 is 0 Å². The van der Waals surface area contributed by atoms with Gasteiger partial charge in [0, 0.05) is 25.0 Å². The minimum atomic E-state index is 0.983. The van der Waals surface area contributed by atoms with Gasteiger partial charge in [0.05, 0.1) is 0 Å². The molecule has 0 N–H and O–H groups in total. The average molecular weight is 266 g/mol. The average Bonchev–Trinajstić information content (AvgIpc) is 2.75. The molecule has 80 valence electrons. The van der Waals surface area contributed by atoms with Gasteiger partial charge in [0.15, 0.2) is 0 Å². The van der Waals surface area contributed by atoms with Crippen LogP contribution in [-0.4, -0.2) is 23.3 Å². The third-order valence-corrected chi connectivity index (χ3v) is 4.62. The Morgan fingerprint density at radius 1 is 1.13 bits per heavy atom. The number of hydrogen-bond donors (Lipinski definition) is 0. The highest BCUT2D eigenvalue weighted by molar-refractivity contribution is 9.09. The van der Waals surface area contributed by atoms with Gasteiger partial charge in [0.1, 0.15) is 0 Å². The van der Waals surface area contributed by atoms with Crippen LogP contribution in [0.4, 0.5) is 0 Å². The van der Waals surface area contributed by atoms with E-state index in [1.54, 1.807) is 0 Å². The van der Waals surface area contributed by atoms with Gasteiger partial charge in [-0.25, -0.2) is 0 Å². The molecule has 1 aromatic rings. The summed E-state index contributed by atoms with van der Waals surface area (Å²) in [6.45, 7) is 3.77.